The van der Waals surface area contributed by atoms with E-state index in [1.807, 2.05) is 24.3 Å². The molecular formula is C42H32O12Sb2. The summed E-state index contributed by atoms with van der Waals surface area (Å²) in [7, 11) is 0. The summed E-state index contributed by atoms with van der Waals surface area (Å²) >= 11 is -6.71. The van der Waals surface area contributed by atoms with Crippen molar-refractivity contribution in [2.24, 2.45) is 0 Å². The molecule has 5 rings (SSSR count). The molecule has 0 atom stereocenters. The molecule has 0 saturated carbocycles. The third-order valence-corrected chi connectivity index (χ3v) is 15.3. The normalized spacial score (nSPS) is 10.3. The molecule has 0 saturated heterocycles. The monoisotopic (exact) mass is 970 g/mol. The Kier molecular flexibility index (Phi) is 15.0. The van der Waals surface area contributed by atoms with E-state index < -0.39 is 66.0 Å². The molecule has 0 amide bonds. The zero-order chi connectivity index (χ0) is 39.9. The molecule has 0 unspecified atom stereocenters. The van der Waals surface area contributed by atoms with Crippen LogP contribution in [0.3, 0.4) is 0 Å². The second kappa shape index (κ2) is 20.5. The maximum absolute atomic E-state index is 11.7. The van der Waals surface area contributed by atoms with Gasteiger partial charge in [0.2, 0.25) is 0 Å². The van der Waals surface area contributed by atoms with Crippen molar-refractivity contribution in [1.29, 1.82) is 0 Å². The van der Waals surface area contributed by atoms with E-state index in [4.69, 9.17) is 31.0 Å². The van der Waals surface area contributed by atoms with Crippen molar-refractivity contribution in [2.45, 2.75) is 0 Å². The van der Waals surface area contributed by atoms with Crippen LogP contribution in [-0.2, 0) is 19.2 Å². The Morgan fingerprint density at radius 2 is 0.500 bits per heavy atom. The van der Waals surface area contributed by atoms with Crippen molar-refractivity contribution >= 4 is 73.0 Å². The SMILES string of the molecule is C=CC(=O)Oc1ccc([O][Sb]([O]c2ccc(OC(=O)C=C)cc2)[c]2cc[c]([Sb]([O]c3ccc(OC(=O)C=C)cc3)[O]c3ccc(OC(=O)C=C)cc3)cc2)cc1. The van der Waals surface area contributed by atoms with Gasteiger partial charge in [-0.2, -0.15) is 0 Å². The summed E-state index contributed by atoms with van der Waals surface area (Å²) in [6.07, 6.45) is 4.28. The number of carbonyl (C=O) groups is 4. The molecule has 5 aromatic rings. The third kappa shape index (κ3) is 12.4. The quantitative estimate of drug-likeness (QED) is 0.0457. The topological polar surface area (TPSA) is 142 Å². The Labute approximate surface area is 338 Å². The number of hydrogen-bond acceptors (Lipinski definition) is 12. The summed E-state index contributed by atoms with van der Waals surface area (Å²) in [5.74, 6) is 0.849. The average Bonchev–Trinajstić information content (AvgIpc) is 3.22. The van der Waals surface area contributed by atoms with Gasteiger partial charge in [0, 0.05) is 0 Å². The van der Waals surface area contributed by atoms with E-state index >= 15 is 0 Å². The number of benzene rings is 5. The summed E-state index contributed by atoms with van der Waals surface area (Å²) in [6, 6.07) is 33.6. The Balaban J connectivity index is 1.42. The molecule has 0 radical (unpaired) electrons. The van der Waals surface area contributed by atoms with Crippen LogP contribution in [0.25, 0.3) is 0 Å². The molecular weight excluding hydrogens is 940 g/mol. The summed E-state index contributed by atoms with van der Waals surface area (Å²) in [5, 5.41) is 0. The van der Waals surface area contributed by atoms with Crippen LogP contribution >= 0.6 is 0 Å². The van der Waals surface area contributed by atoms with Gasteiger partial charge in [0.05, 0.1) is 0 Å². The molecule has 0 aliphatic rings. The molecule has 0 bridgehead atoms. The summed E-state index contributed by atoms with van der Waals surface area (Å²) in [5.41, 5.74) is 0. The molecule has 0 spiro atoms. The third-order valence-electron chi connectivity index (χ3n) is 6.86. The minimum absolute atomic E-state index is 0.318. The number of esters is 4. The van der Waals surface area contributed by atoms with Gasteiger partial charge in [-0.3, -0.25) is 0 Å². The first-order valence-electron chi connectivity index (χ1n) is 16.3. The molecule has 0 aliphatic heterocycles. The fourth-order valence-corrected chi connectivity index (χ4v) is 11.5. The Bertz CT molecular complexity index is 1890. The second-order valence-corrected chi connectivity index (χ2v) is 18.7. The van der Waals surface area contributed by atoms with Gasteiger partial charge in [0.1, 0.15) is 0 Å². The van der Waals surface area contributed by atoms with Gasteiger partial charge in [-0.05, 0) is 0 Å². The molecule has 0 heterocycles. The van der Waals surface area contributed by atoms with E-state index in [-0.39, 0.29) is 0 Å². The van der Waals surface area contributed by atoms with Gasteiger partial charge in [0.25, 0.3) is 0 Å². The van der Waals surface area contributed by atoms with Crippen LogP contribution in [0, 0.1) is 0 Å². The summed E-state index contributed by atoms with van der Waals surface area (Å²) < 4.78 is 48.2. The number of ether oxygens (including phenoxy) is 4. The second-order valence-electron chi connectivity index (χ2n) is 10.8. The van der Waals surface area contributed by atoms with Gasteiger partial charge in [-0.1, -0.05) is 0 Å². The van der Waals surface area contributed by atoms with E-state index in [1.165, 1.54) is 0 Å². The van der Waals surface area contributed by atoms with Gasteiger partial charge >= 0.3 is 341 Å². The summed E-state index contributed by atoms with van der Waals surface area (Å²) in [4.78, 5) is 46.7. The van der Waals surface area contributed by atoms with E-state index in [2.05, 4.69) is 26.3 Å². The molecule has 282 valence electrons. The molecule has 12 nitrogen and oxygen atoms in total. The Morgan fingerprint density at radius 1 is 0.321 bits per heavy atom. The van der Waals surface area contributed by atoms with Crippen LogP contribution in [0.4, 0.5) is 0 Å². The molecule has 0 aromatic heterocycles. The molecule has 14 heteroatoms. The zero-order valence-corrected chi connectivity index (χ0v) is 34.6. The first kappa shape index (κ1) is 41.0. The summed E-state index contributed by atoms with van der Waals surface area (Å²) in [6.45, 7) is 13.7. The maximum atomic E-state index is 11.7. The van der Waals surface area contributed by atoms with E-state index in [0.29, 0.717) is 46.0 Å². The van der Waals surface area contributed by atoms with Gasteiger partial charge in [0.15, 0.2) is 0 Å². The fourth-order valence-electron chi connectivity index (χ4n) is 4.23. The Morgan fingerprint density at radius 3 is 0.679 bits per heavy atom. The molecule has 5 aromatic carbocycles. The predicted octanol–water partition coefficient (Wildman–Crippen LogP) is 5.76. The Hall–Kier alpha value is -6.22. The first-order chi connectivity index (χ1) is 27.1. The number of rotatable bonds is 18. The van der Waals surface area contributed by atoms with Crippen molar-refractivity contribution < 1.29 is 50.2 Å². The van der Waals surface area contributed by atoms with Gasteiger partial charge in [-0.15, -0.1) is 0 Å². The minimum atomic E-state index is -3.36. The van der Waals surface area contributed by atoms with Crippen LogP contribution in [0.15, 0.2) is 172 Å². The number of carbonyl (C=O) groups excluding carboxylic acids is 4. The predicted molar refractivity (Wildman–Crippen MR) is 209 cm³/mol. The van der Waals surface area contributed by atoms with Crippen LogP contribution in [0.2, 0.25) is 0 Å². The van der Waals surface area contributed by atoms with Crippen LogP contribution in [0.1, 0.15) is 0 Å². The van der Waals surface area contributed by atoms with Crippen molar-refractivity contribution in [2.75, 3.05) is 0 Å². The van der Waals surface area contributed by atoms with Crippen molar-refractivity contribution in [3.05, 3.63) is 172 Å². The van der Waals surface area contributed by atoms with E-state index in [9.17, 15) is 19.2 Å². The van der Waals surface area contributed by atoms with Gasteiger partial charge in [-0.25, -0.2) is 0 Å². The fraction of sp³-hybridized carbons (Fsp3) is 0. The van der Waals surface area contributed by atoms with Crippen molar-refractivity contribution in [3.8, 4) is 46.0 Å². The van der Waals surface area contributed by atoms with Crippen LogP contribution in [-0.4, -0.2) is 66.0 Å². The average molecular weight is 972 g/mol. The molecule has 0 N–H and O–H groups in total. The van der Waals surface area contributed by atoms with E-state index in [0.717, 1.165) is 31.3 Å². The van der Waals surface area contributed by atoms with Crippen LogP contribution in [0.5, 0.6) is 46.0 Å². The van der Waals surface area contributed by atoms with Crippen molar-refractivity contribution in [1.82, 2.24) is 0 Å². The molecule has 0 fully saturated rings. The van der Waals surface area contributed by atoms with Crippen molar-refractivity contribution in [3.63, 3.8) is 0 Å². The molecule has 0 aliphatic carbocycles. The molecule has 56 heavy (non-hydrogen) atoms. The number of hydrogen-bond donors (Lipinski definition) is 0. The van der Waals surface area contributed by atoms with Gasteiger partial charge < -0.3 is 0 Å². The van der Waals surface area contributed by atoms with E-state index in [1.54, 1.807) is 97.1 Å². The zero-order valence-electron chi connectivity index (χ0n) is 29.5. The van der Waals surface area contributed by atoms with Crippen LogP contribution < -0.4 is 38.0 Å². The standard InChI is InChI=1S/4C9H8O3.C6H4.2Sb/c4*1-2-9(11)12-8-5-3-7(10)4-6-8;1-2-4-6-5-3-1;;/h4*2-6,10H,1H2;1-2,5-6H;;/q;;;;;2*+2/p-4. The first-order valence-corrected chi connectivity index (χ1v) is 23.1.